The summed E-state index contributed by atoms with van der Waals surface area (Å²) in [6.45, 7) is 3.95. The molecule has 0 fully saturated rings. The Balaban J connectivity index is 2.28. The minimum Gasteiger partial charge on any atom is -0.321 e. The maximum absolute atomic E-state index is 11.6. The molecule has 0 bridgehead atoms. The molecule has 1 aromatic heterocycles. The maximum atomic E-state index is 11.6. The Morgan fingerprint density at radius 3 is 2.81 bits per heavy atom. The van der Waals surface area contributed by atoms with Gasteiger partial charge < -0.3 is 5.73 Å². The van der Waals surface area contributed by atoms with Crippen LogP contribution in [0.3, 0.4) is 0 Å². The predicted molar refractivity (Wildman–Crippen MR) is 65.0 cm³/mol. The van der Waals surface area contributed by atoms with E-state index in [0.29, 0.717) is 6.42 Å². The smallest absolute Gasteiger partial charge is 0.149 e. The molecular formula is C13H20N2O. The average molecular weight is 220 g/mol. The van der Waals surface area contributed by atoms with Gasteiger partial charge in [-0.05, 0) is 30.4 Å². The van der Waals surface area contributed by atoms with E-state index in [1.807, 2.05) is 32.2 Å². The van der Waals surface area contributed by atoms with E-state index in [9.17, 15) is 4.79 Å². The van der Waals surface area contributed by atoms with Gasteiger partial charge in [0.2, 0.25) is 0 Å². The number of Topliss-reactive ketones (excluding diaryl/α,β-unsaturated/α-hetero) is 1. The van der Waals surface area contributed by atoms with Crippen LogP contribution in [-0.4, -0.2) is 16.8 Å². The van der Waals surface area contributed by atoms with Crippen LogP contribution in [0.1, 0.15) is 32.3 Å². The number of aryl methyl sites for hydroxylation is 1. The van der Waals surface area contributed by atoms with Gasteiger partial charge in [0.15, 0.2) is 0 Å². The molecule has 1 atom stereocenters. The Bertz CT molecular complexity index is 322. The van der Waals surface area contributed by atoms with Crippen LogP contribution in [0.15, 0.2) is 24.5 Å². The summed E-state index contributed by atoms with van der Waals surface area (Å²) in [5.74, 6) is 0.393. The molecule has 1 heterocycles. The number of hydrogen-bond donors (Lipinski definition) is 1. The first-order chi connectivity index (χ1) is 7.61. The lowest BCUT2D eigenvalue weighted by Gasteiger charge is -2.13. The summed E-state index contributed by atoms with van der Waals surface area (Å²) >= 11 is 0. The molecular weight excluding hydrogens is 200 g/mol. The number of carbonyl (C=O) groups is 1. The van der Waals surface area contributed by atoms with Gasteiger partial charge in [0.1, 0.15) is 5.78 Å². The fourth-order valence-electron chi connectivity index (χ4n) is 1.55. The number of rotatable bonds is 6. The zero-order chi connectivity index (χ0) is 12.0. The Morgan fingerprint density at radius 2 is 2.25 bits per heavy atom. The van der Waals surface area contributed by atoms with Crippen molar-refractivity contribution >= 4 is 5.78 Å². The van der Waals surface area contributed by atoms with Crippen LogP contribution < -0.4 is 5.73 Å². The first kappa shape index (κ1) is 12.8. The fraction of sp³-hybridized carbons (Fsp3) is 0.538. The number of carbonyl (C=O) groups excluding carboxylic acids is 1. The zero-order valence-corrected chi connectivity index (χ0v) is 10.0. The van der Waals surface area contributed by atoms with Crippen molar-refractivity contribution in [2.75, 3.05) is 0 Å². The van der Waals surface area contributed by atoms with Crippen molar-refractivity contribution in [1.29, 1.82) is 0 Å². The minimum absolute atomic E-state index is 0.166. The van der Waals surface area contributed by atoms with Gasteiger partial charge in [-0.15, -0.1) is 0 Å². The van der Waals surface area contributed by atoms with Gasteiger partial charge in [-0.3, -0.25) is 9.78 Å². The summed E-state index contributed by atoms with van der Waals surface area (Å²) in [7, 11) is 0. The van der Waals surface area contributed by atoms with Crippen molar-refractivity contribution in [2.24, 2.45) is 11.7 Å². The van der Waals surface area contributed by atoms with Gasteiger partial charge in [0, 0.05) is 18.8 Å². The first-order valence-electron chi connectivity index (χ1n) is 5.78. The Morgan fingerprint density at radius 1 is 1.50 bits per heavy atom. The van der Waals surface area contributed by atoms with Gasteiger partial charge in [-0.1, -0.05) is 19.9 Å². The molecule has 1 rings (SSSR count). The van der Waals surface area contributed by atoms with Crippen LogP contribution in [-0.2, 0) is 11.2 Å². The summed E-state index contributed by atoms with van der Waals surface area (Å²) in [5, 5.41) is 0. The molecule has 2 N–H and O–H groups in total. The van der Waals surface area contributed by atoms with Crippen molar-refractivity contribution < 1.29 is 4.79 Å². The van der Waals surface area contributed by atoms with Gasteiger partial charge in [-0.25, -0.2) is 0 Å². The summed E-state index contributed by atoms with van der Waals surface area (Å²) < 4.78 is 0. The highest BCUT2D eigenvalue weighted by atomic mass is 16.1. The molecule has 0 spiro atoms. The van der Waals surface area contributed by atoms with E-state index >= 15 is 0 Å². The molecule has 0 unspecified atom stereocenters. The molecule has 0 aliphatic heterocycles. The van der Waals surface area contributed by atoms with Crippen molar-refractivity contribution in [3.05, 3.63) is 30.1 Å². The molecule has 0 radical (unpaired) electrons. The molecule has 0 saturated heterocycles. The minimum atomic E-state index is -0.311. The number of nitrogens with two attached hydrogens (primary N) is 1. The largest absolute Gasteiger partial charge is 0.321 e. The van der Waals surface area contributed by atoms with E-state index in [1.165, 1.54) is 5.56 Å². The standard InChI is InChI=1S/C13H20N2O/c1-10(2)13(14)12(16)7-3-5-11-6-4-8-15-9-11/h4,6,8-10,13H,3,5,7,14H2,1-2H3/t13-/m1/s1. The topological polar surface area (TPSA) is 56.0 Å². The summed E-state index contributed by atoms with van der Waals surface area (Å²) in [4.78, 5) is 15.7. The summed E-state index contributed by atoms with van der Waals surface area (Å²) in [6.07, 6.45) is 5.90. The van der Waals surface area contributed by atoms with Crippen molar-refractivity contribution in [2.45, 2.75) is 39.2 Å². The molecule has 1 aromatic rings. The summed E-state index contributed by atoms with van der Waals surface area (Å²) in [5.41, 5.74) is 6.95. The quantitative estimate of drug-likeness (QED) is 0.797. The van der Waals surface area contributed by atoms with Gasteiger partial charge >= 0.3 is 0 Å². The molecule has 0 aromatic carbocycles. The molecule has 3 nitrogen and oxygen atoms in total. The van der Waals surface area contributed by atoms with E-state index in [0.717, 1.165) is 12.8 Å². The van der Waals surface area contributed by atoms with E-state index < -0.39 is 0 Å². The third-order valence-corrected chi connectivity index (χ3v) is 2.70. The molecule has 88 valence electrons. The zero-order valence-electron chi connectivity index (χ0n) is 10.0. The third kappa shape index (κ3) is 4.11. The van der Waals surface area contributed by atoms with Crippen molar-refractivity contribution in [1.82, 2.24) is 4.98 Å². The van der Waals surface area contributed by atoms with Crippen LogP contribution in [0.5, 0.6) is 0 Å². The van der Waals surface area contributed by atoms with Crippen LogP contribution in [0.2, 0.25) is 0 Å². The average Bonchev–Trinajstić information content (AvgIpc) is 2.29. The van der Waals surface area contributed by atoms with E-state index in [-0.39, 0.29) is 17.7 Å². The highest BCUT2D eigenvalue weighted by Gasteiger charge is 2.16. The van der Waals surface area contributed by atoms with Crippen LogP contribution >= 0.6 is 0 Å². The molecule has 3 heteroatoms. The Labute approximate surface area is 97.1 Å². The molecule has 16 heavy (non-hydrogen) atoms. The maximum Gasteiger partial charge on any atom is 0.149 e. The number of nitrogens with zero attached hydrogens (tertiary/aromatic N) is 1. The first-order valence-corrected chi connectivity index (χ1v) is 5.78. The highest BCUT2D eigenvalue weighted by Crippen LogP contribution is 2.07. The number of ketones is 1. The van der Waals surface area contributed by atoms with E-state index in [4.69, 9.17) is 5.73 Å². The van der Waals surface area contributed by atoms with Crippen LogP contribution in [0.4, 0.5) is 0 Å². The number of aromatic nitrogens is 1. The van der Waals surface area contributed by atoms with Crippen molar-refractivity contribution in [3.63, 3.8) is 0 Å². The van der Waals surface area contributed by atoms with Gasteiger partial charge in [0.05, 0.1) is 6.04 Å². The second-order valence-corrected chi connectivity index (χ2v) is 4.45. The number of hydrogen-bond acceptors (Lipinski definition) is 3. The lowest BCUT2D eigenvalue weighted by Crippen LogP contribution is -2.35. The Hall–Kier alpha value is -1.22. The van der Waals surface area contributed by atoms with Gasteiger partial charge in [-0.2, -0.15) is 0 Å². The molecule has 0 amide bonds. The fourth-order valence-corrected chi connectivity index (χ4v) is 1.55. The number of pyridine rings is 1. The lowest BCUT2D eigenvalue weighted by molar-refractivity contribution is -0.121. The van der Waals surface area contributed by atoms with Crippen LogP contribution in [0.25, 0.3) is 0 Å². The van der Waals surface area contributed by atoms with Gasteiger partial charge in [0.25, 0.3) is 0 Å². The normalized spacial score (nSPS) is 12.8. The molecule has 0 saturated carbocycles. The lowest BCUT2D eigenvalue weighted by atomic mass is 9.97. The Kier molecular flexibility index (Phi) is 5.12. The summed E-state index contributed by atoms with van der Waals surface area (Å²) in [6, 6.07) is 3.63. The highest BCUT2D eigenvalue weighted by molar-refractivity contribution is 5.83. The van der Waals surface area contributed by atoms with E-state index in [1.54, 1.807) is 6.20 Å². The molecule has 0 aliphatic rings. The molecule has 0 aliphatic carbocycles. The third-order valence-electron chi connectivity index (χ3n) is 2.70. The second kappa shape index (κ2) is 6.38. The predicted octanol–water partition coefficient (Wildman–Crippen LogP) is 1.96. The SMILES string of the molecule is CC(C)[C@@H](N)C(=O)CCCc1cccnc1. The second-order valence-electron chi connectivity index (χ2n) is 4.45. The van der Waals surface area contributed by atoms with E-state index in [2.05, 4.69) is 4.98 Å². The van der Waals surface area contributed by atoms with Crippen LogP contribution in [0, 0.1) is 5.92 Å². The monoisotopic (exact) mass is 220 g/mol. The van der Waals surface area contributed by atoms with Crippen molar-refractivity contribution in [3.8, 4) is 0 Å².